The van der Waals surface area contributed by atoms with Crippen LogP contribution in [0.25, 0.3) is 0 Å². The second kappa shape index (κ2) is 7.60. The Hall–Kier alpha value is 0.492. The van der Waals surface area contributed by atoms with E-state index in [4.69, 9.17) is 4.74 Å². The minimum absolute atomic E-state index is 0.608. The van der Waals surface area contributed by atoms with Gasteiger partial charge in [0, 0.05) is 6.61 Å². The van der Waals surface area contributed by atoms with Gasteiger partial charge in [0.05, 0.1) is 0 Å². The van der Waals surface area contributed by atoms with E-state index < -0.39 is 0 Å². The summed E-state index contributed by atoms with van der Waals surface area (Å²) in [6.45, 7) is 5.39. The highest BCUT2D eigenvalue weighted by molar-refractivity contribution is 6.10. The molecular formula is C8H19AlO. The quantitative estimate of drug-likeness (QED) is 0.421. The summed E-state index contributed by atoms with van der Waals surface area (Å²) < 4.78 is 5.58. The molecule has 0 rings (SSSR count). The molecule has 0 fully saturated rings. The lowest BCUT2D eigenvalue weighted by Crippen LogP contribution is -2.12. The van der Waals surface area contributed by atoms with Gasteiger partial charge in [-0.2, -0.15) is 0 Å². The molecule has 0 spiro atoms. The van der Waals surface area contributed by atoms with Crippen LogP contribution in [-0.2, 0) is 4.74 Å². The molecule has 0 bridgehead atoms. The van der Waals surface area contributed by atoms with Gasteiger partial charge in [-0.15, -0.1) is 0 Å². The van der Waals surface area contributed by atoms with Gasteiger partial charge in [0.15, 0.2) is 0 Å². The molecule has 1 nitrogen and oxygen atoms in total. The Labute approximate surface area is 72.6 Å². The summed E-state index contributed by atoms with van der Waals surface area (Å²) in [5.74, 6) is 0. The molecule has 0 aliphatic heterocycles. The number of unbranched alkanes of at least 4 members (excludes halogenated alkanes) is 1. The van der Waals surface area contributed by atoms with Crippen LogP contribution in [-0.4, -0.2) is 27.9 Å². The summed E-state index contributed by atoms with van der Waals surface area (Å²) in [7, 11) is 0. The van der Waals surface area contributed by atoms with Crippen molar-refractivity contribution < 1.29 is 4.74 Å². The first-order valence-corrected chi connectivity index (χ1v) is 5.58. The molecule has 0 aromatic heterocycles. The highest BCUT2D eigenvalue weighted by Gasteiger charge is 1.98. The number of hydrogen-bond acceptors (Lipinski definition) is 1. The lowest BCUT2D eigenvalue weighted by atomic mass is 10.3. The van der Waals surface area contributed by atoms with Crippen molar-refractivity contribution in [2.75, 3.05) is 6.61 Å². The molecule has 0 heterocycles. The van der Waals surface area contributed by atoms with Crippen molar-refractivity contribution >= 4 is 16.3 Å². The van der Waals surface area contributed by atoms with Crippen molar-refractivity contribution in [2.24, 2.45) is 0 Å². The molecule has 0 aliphatic rings. The zero-order valence-electron chi connectivity index (χ0n) is 7.52. The number of rotatable bonds is 6. The molecule has 0 saturated carbocycles. The van der Waals surface area contributed by atoms with Crippen molar-refractivity contribution in [3.63, 3.8) is 0 Å². The summed E-state index contributed by atoms with van der Waals surface area (Å²) in [6, 6.07) is 0. The summed E-state index contributed by atoms with van der Waals surface area (Å²) in [5, 5.41) is 0. The fourth-order valence-electron chi connectivity index (χ4n) is 0.919. The van der Waals surface area contributed by atoms with E-state index in [0.29, 0.717) is 4.97 Å². The molecule has 0 N–H and O–H groups in total. The predicted molar refractivity (Wildman–Crippen MR) is 48.1 cm³/mol. The van der Waals surface area contributed by atoms with Crippen LogP contribution < -0.4 is 0 Å². The maximum atomic E-state index is 5.58. The predicted octanol–water partition coefficient (Wildman–Crippen LogP) is 1.56. The Bertz CT molecular complexity index is 66.3. The second-order valence-corrected chi connectivity index (χ2v) is 4.11. The van der Waals surface area contributed by atoms with E-state index in [2.05, 4.69) is 13.8 Å². The first-order valence-electron chi connectivity index (χ1n) is 4.42. The topological polar surface area (TPSA) is 9.23 Å². The Balaban J connectivity index is 2.97. The van der Waals surface area contributed by atoms with Crippen LogP contribution in [0, 0.1) is 0 Å². The molecule has 0 aromatic rings. The maximum absolute atomic E-state index is 5.58. The molecular weight excluding hydrogens is 139 g/mol. The summed E-state index contributed by atoms with van der Waals surface area (Å²) in [6.07, 6.45) is 5.00. The highest BCUT2D eigenvalue weighted by atomic mass is 27.0. The van der Waals surface area contributed by atoms with Crippen molar-refractivity contribution in [1.82, 2.24) is 0 Å². The molecule has 0 aromatic carbocycles. The first kappa shape index (κ1) is 10.5. The molecule has 0 amide bonds. The standard InChI is InChI=1S/C8H17O.Al.2H/c1-3-5-7-9-8-6-4-2;;;/h7H,3-6,8H2,1-2H3;;;. The lowest BCUT2D eigenvalue weighted by molar-refractivity contribution is 0.0984. The lowest BCUT2D eigenvalue weighted by Gasteiger charge is -2.10. The Morgan fingerprint density at radius 1 is 1.30 bits per heavy atom. The number of ether oxygens (including phenoxy) is 1. The van der Waals surface area contributed by atoms with E-state index in [1.54, 1.807) is 0 Å². The third kappa shape index (κ3) is 6.61. The van der Waals surface area contributed by atoms with E-state index in [0.717, 1.165) is 6.61 Å². The molecule has 60 valence electrons. The van der Waals surface area contributed by atoms with Crippen LogP contribution >= 0.6 is 0 Å². The molecule has 2 heteroatoms. The maximum Gasteiger partial charge on any atom is 0.258 e. The Morgan fingerprint density at radius 2 is 2.00 bits per heavy atom. The number of hydrogen-bond donors (Lipinski definition) is 0. The molecule has 0 aliphatic carbocycles. The third-order valence-corrected chi connectivity index (χ3v) is 2.51. The van der Waals surface area contributed by atoms with Gasteiger partial charge < -0.3 is 4.74 Å². The molecule has 10 heavy (non-hydrogen) atoms. The van der Waals surface area contributed by atoms with Crippen LogP contribution in [0.1, 0.15) is 39.5 Å². The van der Waals surface area contributed by atoms with Crippen LogP contribution in [0.5, 0.6) is 0 Å². The van der Waals surface area contributed by atoms with Crippen molar-refractivity contribution in [1.29, 1.82) is 0 Å². The van der Waals surface area contributed by atoms with Crippen LogP contribution in [0.15, 0.2) is 0 Å². The van der Waals surface area contributed by atoms with Crippen molar-refractivity contribution in [3.05, 3.63) is 0 Å². The van der Waals surface area contributed by atoms with Crippen molar-refractivity contribution in [2.45, 2.75) is 44.5 Å². The fraction of sp³-hybridized carbons (Fsp3) is 1.00. The van der Waals surface area contributed by atoms with E-state index in [9.17, 15) is 0 Å². The van der Waals surface area contributed by atoms with Gasteiger partial charge in [-0.3, -0.25) is 0 Å². The Kier molecular flexibility index (Phi) is 7.97. The molecule has 0 radical (unpaired) electrons. The molecule has 1 atom stereocenters. The molecule has 1 unspecified atom stereocenters. The first-order chi connectivity index (χ1) is 4.81. The zero-order valence-corrected chi connectivity index (χ0v) is 9.52. The second-order valence-electron chi connectivity index (χ2n) is 2.82. The van der Waals surface area contributed by atoms with Crippen LogP contribution in [0.2, 0.25) is 0 Å². The summed E-state index contributed by atoms with van der Waals surface area (Å²) in [5.41, 5.74) is 0. The van der Waals surface area contributed by atoms with Crippen LogP contribution in [0.3, 0.4) is 0 Å². The Morgan fingerprint density at radius 3 is 2.50 bits per heavy atom. The average Bonchev–Trinajstić information content (AvgIpc) is 1.89. The van der Waals surface area contributed by atoms with Gasteiger partial charge in [0.25, 0.3) is 16.3 Å². The minimum atomic E-state index is 0.608. The van der Waals surface area contributed by atoms with Gasteiger partial charge in [-0.25, -0.2) is 0 Å². The summed E-state index contributed by atoms with van der Waals surface area (Å²) >= 11 is 1.19. The zero-order chi connectivity index (χ0) is 7.82. The van der Waals surface area contributed by atoms with Gasteiger partial charge >= 0.3 is 0 Å². The normalized spacial score (nSPS) is 13.4. The average molecular weight is 158 g/mol. The minimum Gasteiger partial charge on any atom is -0.394 e. The van der Waals surface area contributed by atoms with Crippen LogP contribution in [0.4, 0.5) is 0 Å². The third-order valence-electron chi connectivity index (χ3n) is 1.60. The SMILES string of the molecule is CCCCO[CH]([AlH2])CCC. The smallest absolute Gasteiger partial charge is 0.258 e. The van der Waals surface area contributed by atoms with Gasteiger partial charge in [-0.05, 0) is 17.8 Å². The highest BCUT2D eigenvalue weighted by Crippen LogP contribution is 1.98. The van der Waals surface area contributed by atoms with Gasteiger partial charge in [-0.1, -0.05) is 26.7 Å². The van der Waals surface area contributed by atoms with E-state index in [1.165, 1.54) is 42.0 Å². The van der Waals surface area contributed by atoms with Gasteiger partial charge in [0.1, 0.15) is 0 Å². The molecule has 0 saturated heterocycles. The summed E-state index contributed by atoms with van der Waals surface area (Å²) in [4.78, 5) is 0.608. The largest absolute Gasteiger partial charge is 0.394 e. The van der Waals surface area contributed by atoms with Gasteiger partial charge in [0.2, 0.25) is 0 Å². The fourth-order valence-corrected chi connectivity index (χ4v) is 1.73. The van der Waals surface area contributed by atoms with E-state index in [1.807, 2.05) is 0 Å². The van der Waals surface area contributed by atoms with E-state index in [-0.39, 0.29) is 0 Å². The monoisotopic (exact) mass is 158 g/mol. The van der Waals surface area contributed by atoms with E-state index >= 15 is 0 Å². The van der Waals surface area contributed by atoms with Crippen molar-refractivity contribution in [3.8, 4) is 0 Å².